The van der Waals surface area contributed by atoms with Crippen LogP contribution in [0.2, 0.25) is 0 Å². The highest BCUT2D eigenvalue weighted by atomic mass is 31.2. The van der Waals surface area contributed by atoms with Crippen molar-refractivity contribution in [3.63, 3.8) is 0 Å². The Kier molecular flexibility index (Phi) is 35.6. The summed E-state index contributed by atoms with van der Waals surface area (Å²) in [4.78, 5) is 26.6. The smallest absolute Gasteiger partial charge is 0.396 e. The van der Waals surface area contributed by atoms with Crippen LogP contribution in [0.5, 0.6) is 0 Å². The second-order valence-electron chi connectivity index (χ2n) is 11.7. The Bertz CT molecular complexity index is 587. The van der Waals surface area contributed by atoms with E-state index in [1.165, 1.54) is 109 Å². The first-order valence-corrected chi connectivity index (χ1v) is 19.6. The van der Waals surface area contributed by atoms with Crippen molar-refractivity contribution < 1.29 is 48.1 Å². The summed E-state index contributed by atoms with van der Waals surface area (Å²) in [6.07, 6.45) is 27.2. The topological polar surface area (TPSA) is 166 Å². The molecule has 0 aromatic rings. The van der Waals surface area contributed by atoms with Crippen molar-refractivity contribution >= 4 is 16.4 Å². The largest absolute Gasteiger partial charge is 0.472 e. The van der Waals surface area contributed by atoms with Crippen LogP contribution < -0.4 is 0 Å². The molecule has 0 spiro atoms. The summed E-state index contributed by atoms with van der Waals surface area (Å²) >= 11 is 0. The Morgan fingerprint density at radius 3 is 1.19 bits per heavy atom. The molecule has 0 aromatic carbocycles. The third kappa shape index (κ3) is 33.5. The molecule has 0 bridgehead atoms. The highest BCUT2D eigenvalue weighted by molar-refractivity contribution is 7.47. The molecule has 0 saturated carbocycles. The first-order chi connectivity index (χ1) is 20.7. The number of hydrogen-bond acceptors (Lipinski definition) is 9. The Hall–Kier alpha value is 0.300. The van der Waals surface area contributed by atoms with Gasteiger partial charge in [0.05, 0.1) is 45.1 Å². The molecule has 1 atom stereocenters. The van der Waals surface area contributed by atoms with Gasteiger partial charge < -0.3 is 34.5 Å². The maximum atomic E-state index is 11.8. The summed E-state index contributed by atoms with van der Waals surface area (Å²) in [5.74, 6) is 0. The Morgan fingerprint density at radius 1 is 0.535 bits per heavy atom. The monoisotopic (exact) mass is 662 g/mol. The minimum absolute atomic E-state index is 0.120. The lowest BCUT2D eigenvalue weighted by Crippen LogP contribution is -2.38. The molecule has 0 aliphatic heterocycles. The maximum Gasteiger partial charge on any atom is 0.472 e. The summed E-state index contributed by atoms with van der Waals surface area (Å²) in [5, 5.41) is 27.4. The van der Waals surface area contributed by atoms with Crippen molar-refractivity contribution in [1.82, 2.24) is 0 Å². The standard InChI is InChI=1S/C18H39O7P.C13H29O3P/c1-2-3-4-5-6-7-8-9-10-11-12-13-24-26(22,23)25-17-18(14-19,15-20)16-21;1-2-3-4-5-6-7-8-9-10-11-12-13-16-17(14)15/h19-21H,2-17H2,1H3,(H,22,23);14-15H,2-13H2,1H3. The van der Waals surface area contributed by atoms with Crippen molar-refractivity contribution in [3.8, 4) is 0 Å². The van der Waals surface area contributed by atoms with E-state index in [0.717, 1.165) is 25.7 Å². The van der Waals surface area contributed by atoms with Gasteiger partial charge in [-0.05, 0) is 12.8 Å². The molecule has 0 rings (SSSR count). The van der Waals surface area contributed by atoms with Crippen LogP contribution in [0.1, 0.15) is 155 Å². The zero-order valence-electron chi connectivity index (χ0n) is 27.5. The molecule has 10 nitrogen and oxygen atoms in total. The molecule has 0 heterocycles. The third-order valence-electron chi connectivity index (χ3n) is 7.50. The molecule has 0 fully saturated rings. The van der Waals surface area contributed by atoms with Crippen LogP contribution in [0.25, 0.3) is 0 Å². The van der Waals surface area contributed by atoms with Crippen molar-refractivity contribution in [2.24, 2.45) is 5.41 Å². The number of aliphatic hydroxyl groups is 3. The van der Waals surface area contributed by atoms with Gasteiger partial charge in [0.15, 0.2) is 0 Å². The molecule has 6 N–H and O–H groups in total. The van der Waals surface area contributed by atoms with E-state index in [2.05, 4.69) is 13.8 Å². The maximum absolute atomic E-state index is 11.8. The van der Waals surface area contributed by atoms with E-state index in [9.17, 15) is 9.46 Å². The number of aliphatic hydroxyl groups excluding tert-OH is 3. The lowest BCUT2D eigenvalue weighted by atomic mass is 9.93. The van der Waals surface area contributed by atoms with Crippen LogP contribution in [-0.4, -0.2) is 69.6 Å². The molecule has 0 aromatic heterocycles. The molecule has 12 heteroatoms. The quantitative estimate of drug-likeness (QED) is 0.0308. The summed E-state index contributed by atoms with van der Waals surface area (Å²) < 4.78 is 26.1. The van der Waals surface area contributed by atoms with E-state index in [1.54, 1.807) is 0 Å². The zero-order valence-corrected chi connectivity index (χ0v) is 29.3. The first kappa shape index (κ1) is 45.4. The summed E-state index contributed by atoms with van der Waals surface area (Å²) in [5.41, 5.74) is -1.35. The van der Waals surface area contributed by atoms with Crippen LogP contribution in [0.3, 0.4) is 0 Å². The van der Waals surface area contributed by atoms with Crippen LogP contribution in [0.4, 0.5) is 0 Å². The average Bonchev–Trinajstić information content (AvgIpc) is 2.99. The van der Waals surface area contributed by atoms with Crippen LogP contribution in [-0.2, 0) is 18.1 Å². The second-order valence-corrected chi connectivity index (χ2v) is 13.9. The first-order valence-electron chi connectivity index (χ1n) is 17.0. The van der Waals surface area contributed by atoms with E-state index < -0.39 is 48.3 Å². The molecule has 0 radical (unpaired) electrons. The van der Waals surface area contributed by atoms with Gasteiger partial charge in [-0.2, -0.15) is 0 Å². The molecular formula is C31H68O10P2. The van der Waals surface area contributed by atoms with Gasteiger partial charge in [0, 0.05) is 0 Å². The van der Waals surface area contributed by atoms with E-state index in [-0.39, 0.29) is 6.61 Å². The lowest BCUT2D eigenvalue weighted by molar-refractivity contribution is -0.0340. The number of rotatable bonds is 32. The van der Waals surface area contributed by atoms with Crippen molar-refractivity contribution in [2.45, 2.75) is 155 Å². The highest BCUT2D eigenvalue weighted by Gasteiger charge is 2.33. The van der Waals surface area contributed by atoms with E-state index in [1.807, 2.05) is 0 Å². The number of phosphoric acid groups is 1. The molecule has 43 heavy (non-hydrogen) atoms. The summed E-state index contributed by atoms with van der Waals surface area (Å²) in [6.45, 7) is 2.95. The predicted molar refractivity (Wildman–Crippen MR) is 176 cm³/mol. The van der Waals surface area contributed by atoms with Gasteiger partial charge in [-0.15, -0.1) is 0 Å². The minimum atomic E-state index is -4.24. The number of phosphoric ester groups is 1. The van der Waals surface area contributed by atoms with Gasteiger partial charge >= 0.3 is 16.4 Å². The molecule has 0 aliphatic rings. The minimum Gasteiger partial charge on any atom is -0.396 e. The second kappa shape index (κ2) is 33.7. The van der Waals surface area contributed by atoms with Gasteiger partial charge in [0.2, 0.25) is 0 Å². The molecular weight excluding hydrogens is 594 g/mol. The zero-order chi connectivity index (χ0) is 32.5. The SMILES string of the molecule is CCCCCCCCCCCCCOP(=O)(O)OCC(CO)(CO)CO.CCCCCCCCCCCCCOP(O)O. The molecule has 262 valence electrons. The van der Waals surface area contributed by atoms with Crippen molar-refractivity contribution in [2.75, 3.05) is 39.6 Å². The summed E-state index contributed by atoms with van der Waals surface area (Å²) in [6, 6.07) is 0. The summed E-state index contributed by atoms with van der Waals surface area (Å²) in [7, 11) is -6.38. The van der Waals surface area contributed by atoms with Crippen molar-refractivity contribution in [3.05, 3.63) is 0 Å². The average molecular weight is 663 g/mol. The lowest BCUT2D eigenvalue weighted by Gasteiger charge is -2.27. The van der Waals surface area contributed by atoms with Crippen molar-refractivity contribution in [1.29, 1.82) is 0 Å². The van der Waals surface area contributed by atoms with Gasteiger partial charge in [0.25, 0.3) is 0 Å². The fourth-order valence-electron chi connectivity index (χ4n) is 4.40. The van der Waals surface area contributed by atoms with Gasteiger partial charge in [0.1, 0.15) is 0 Å². The van der Waals surface area contributed by atoms with E-state index >= 15 is 0 Å². The molecule has 0 amide bonds. The van der Waals surface area contributed by atoms with E-state index in [0.29, 0.717) is 13.0 Å². The normalized spacial score (nSPS) is 13.2. The third-order valence-corrected chi connectivity index (χ3v) is 8.87. The Labute approximate surface area is 264 Å². The molecule has 0 aliphatic carbocycles. The fraction of sp³-hybridized carbons (Fsp3) is 1.00. The van der Waals surface area contributed by atoms with Gasteiger partial charge in [-0.1, -0.05) is 142 Å². The highest BCUT2D eigenvalue weighted by Crippen LogP contribution is 2.44. The van der Waals surface area contributed by atoms with Crippen LogP contribution in [0, 0.1) is 5.41 Å². The Balaban J connectivity index is 0. The fourth-order valence-corrected chi connectivity index (χ4v) is 5.57. The molecule has 0 saturated heterocycles. The van der Waals surface area contributed by atoms with Crippen LogP contribution in [0.15, 0.2) is 0 Å². The van der Waals surface area contributed by atoms with E-state index in [4.69, 9.17) is 38.7 Å². The number of unbranched alkanes of at least 4 members (excludes halogenated alkanes) is 20. The molecule has 1 unspecified atom stereocenters. The predicted octanol–water partition coefficient (Wildman–Crippen LogP) is 7.92. The van der Waals surface area contributed by atoms with Gasteiger partial charge in [-0.25, -0.2) is 4.57 Å². The Morgan fingerprint density at radius 2 is 0.860 bits per heavy atom. The number of hydrogen-bond donors (Lipinski definition) is 6. The van der Waals surface area contributed by atoms with Crippen LogP contribution >= 0.6 is 16.4 Å². The van der Waals surface area contributed by atoms with Gasteiger partial charge in [-0.3, -0.25) is 9.05 Å².